The van der Waals surface area contributed by atoms with Gasteiger partial charge in [0.05, 0.1) is 6.61 Å². The second kappa shape index (κ2) is 5.85. The van der Waals surface area contributed by atoms with Gasteiger partial charge >= 0.3 is 5.97 Å². The lowest BCUT2D eigenvalue weighted by Crippen LogP contribution is -2.65. The fourth-order valence-corrected chi connectivity index (χ4v) is 2.81. The number of esters is 1. The van der Waals surface area contributed by atoms with Gasteiger partial charge in [-0.05, 0) is 24.6 Å². The summed E-state index contributed by atoms with van der Waals surface area (Å²) >= 11 is 3.39. The van der Waals surface area contributed by atoms with Crippen LogP contribution in [0.15, 0.2) is 22.7 Å². The summed E-state index contributed by atoms with van der Waals surface area (Å²) < 4.78 is 5.73. The van der Waals surface area contributed by atoms with Crippen molar-refractivity contribution in [3.8, 4) is 0 Å². The summed E-state index contributed by atoms with van der Waals surface area (Å²) in [4.78, 5) is 36.1. The van der Waals surface area contributed by atoms with Crippen molar-refractivity contribution in [2.45, 2.75) is 25.8 Å². The number of fused-ring (bicyclic) bond motifs is 1. The van der Waals surface area contributed by atoms with Crippen molar-refractivity contribution in [1.82, 2.24) is 5.32 Å². The summed E-state index contributed by atoms with van der Waals surface area (Å²) in [6.07, 6.45) is 0.0357. The number of hydrogen-bond donors (Lipinski definition) is 2. The van der Waals surface area contributed by atoms with Gasteiger partial charge in [-0.3, -0.25) is 9.59 Å². The molecular formula is C14H15BrN2O4. The number of rotatable bonds is 3. The molecule has 0 spiro atoms. The molecule has 1 unspecified atom stereocenters. The molecule has 0 aliphatic carbocycles. The van der Waals surface area contributed by atoms with Crippen molar-refractivity contribution in [2.24, 2.45) is 0 Å². The number of hydrogen-bond acceptors (Lipinski definition) is 4. The number of anilines is 1. The number of nitrogens with one attached hydrogen (secondary N) is 2. The molecule has 0 bridgehead atoms. The van der Waals surface area contributed by atoms with Crippen LogP contribution in [0.4, 0.5) is 5.69 Å². The molecule has 1 aliphatic heterocycles. The minimum atomic E-state index is -1.74. The van der Waals surface area contributed by atoms with E-state index in [0.717, 1.165) is 10.0 Å². The molecule has 0 saturated heterocycles. The van der Waals surface area contributed by atoms with E-state index in [4.69, 9.17) is 4.74 Å². The fraction of sp³-hybridized carbons (Fsp3) is 0.357. The monoisotopic (exact) mass is 354 g/mol. The predicted octanol–water partition coefficient (Wildman–Crippen LogP) is 1.38. The number of benzene rings is 1. The molecule has 0 saturated carbocycles. The van der Waals surface area contributed by atoms with Crippen molar-refractivity contribution in [2.75, 3.05) is 11.9 Å². The molecule has 1 heterocycles. The smallest absolute Gasteiger partial charge is 0.342 e. The molecule has 1 atom stereocenters. The quantitative estimate of drug-likeness (QED) is 0.634. The molecule has 1 aromatic rings. The second-order valence-electron chi connectivity index (χ2n) is 4.70. The van der Waals surface area contributed by atoms with Crippen molar-refractivity contribution in [3.05, 3.63) is 28.2 Å². The largest absolute Gasteiger partial charge is 0.464 e. The molecule has 112 valence electrons. The van der Waals surface area contributed by atoms with Crippen LogP contribution in [0, 0.1) is 0 Å². The van der Waals surface area contributed by atoms with Crippen LogP contribution in [0.5, 0.6) is 0 Å². The molecule has 0 aromatic heterocycles. The molecule has 2 amide bonds. The molecular weight excluding hydrogens is 340 g/mol. The lowest BCUT2D eigenvalue weighted by atomic mass is 9.85. The van der Waals surface area contributed by atoms with Crippen molar-refractivity contribution < 1.29 is 19.1 Å². The van der Waals surface area contributed by atoms with E-state index in [1.54, 1.807) is 25.1 Å². The van der Waals surface area contributed by atoms with E-state index in [2.05, 4.69) is 26.6 Å². The fourth-order valence-electron chi connectivity index (χ4n) is 2.30. The van der Waals surface area contributed by atoms with Gasteiger partial charge in [0.15, 0.2) is 0 Å². The topological polar surface area (TPSA) is 84.5 Å². The lowest BCUT2D eigenvalue weighted by Gasteiger charge is -2.35. The van der Waals surface area contributed by atoms with Crippen LogP contribution < -0.4 is 10.6 Å². The summed E-state index contributed by atoms with van der Waals surface area (Å²) in [5, 5.41) is 5.10. The van der Waals surface area contributed by atoms with E-state index in [0.29, 0.717) is 5.69 Å². The first-order chi connectivity index (χ1) is 9.90. The molecule has 6 nitrogen and oxygen atoms in total. The minimum Gasteiger partial charge on any atom is -0.464 e. The number of ether oxygens (including phenoxy) is 1. The standard InChI is InChI=1S/C14H15BrN2O4/c1-3-21-13(20)14(17-8(2)18)7-9-10(15)5-4-6-11(9)16-12(14)19/h4-6H,3,7H2,1-2H3,(H,16,19)(H,17,18). The molecule has 0 fully saturated rings. The number of carbonyl (C=O) groups excluding carboxylic acids is 3. The van der Waals surface area contributed by atoms with Crippen LogP contribution in [0.3, 0.4) is 0 Å². The van der Waals surface area contributed by atoms with E-state index < -0.39 is 23.3 Å². The number of carbonyl (C=O) groups is 3. The van der Waals surface area contributed by atoms with Gasteiger partial charge in [0.1, 0.15) is 0 Å². The van der Waals surface area contributed by atoms with Gasteiger partial charge in [-0.15, -0.1) is 0 Å². The summed E-state index contributed by atoms with van der Waals surface area (Å²) in [6, 6.07) is 5.32. The van der Waals surface area contributed by atoms with E-state index in [-0.39, 0.29) is 13.0 Å². The Balaban J connectivity index is 2.50. The molecule has 1 aromatic carbocycles. The maximum Gasteiger partial charge on any atom is 0.342 e. The van der Waals surface area contributed by atoms with Crippen LogP contribution in [0.25, 0.3) is 0 Å². The summed E-state index contributed by atoms with van der Waals surface area (Å²) in [5.41, 5.74) is -0.392. The van der Waals surface area contributed by atoms with Gasteiger partial charge < -0.3 is 15.4 Å². The summed E-state index contributed by atoms with van der Waals surface area (Å²) in [7, 11) is 0. The molecule has 2 N–H and O–H groups in total. The number of amides is 2. The Bertz CT molecular complexity index is 617. The van der Waals surface area contributed by atoms with Gasteiger partial charge in [-0.25, -0.2) is 4.79 Å². The van der Waals surface area contributed by atoms with Gasteiger partial charge in [0.2, 0.25) is 11.4 Å². The van der Waals surface area contributed by atoms with Crippen LogP contribution in [0.2, 0.25) is 0 Å². The molecule has 0 radical (unpaired) electrons. The lowest BCUT2D eigenvalue weighted by molar-refractivity contribution is -0.157. The van der Waals surface area contributed by atoms with Crippen LogP contribution >= 0.6 is 15.9 Å². The Morgan fingerprint density at radius 2 is 2.19 bits per heavy atom. The third-order valence-corrected chi connectivity index (χ3v) is 3.95. The average molecular weight is 355 g/mol. The predicted molar refractivity (Wildman–Crippen MR) is 79.7 cm³/mol. The van der Waals surface area contributed by atoms with E-state index in [1.807, 2.05) is 0 Å². The third-order valence-electron chi connectivity index (χ3n) is 3.21. The van der Waals surface area contributed by atoms with Gasteiger partial charge in [0, 0.05) is 23.5 Å². The highest BCUT2D eigenvalue weighted by Crippen LogP contribution is 2.34. The van der Waals surface area contributed by atoms with E-state index >= 15 is 0 Å². The molecule has 21 heavy (non-hydrogen) atoms. The van der Waals surface area contributed by atoms with Crippen LogP contribution in [-0.4, -0.2) is 29.9 Å². The Hall–Kier alpha value is -1.89. The maximum atomic E-state index is 12.4. The normalized spacial score (nSPS) is 20.2. The van der Waals surface area contributed by atoms with Gasteiger partial charge in [-0.2, -0.15) is 0 Å². The summed E-state index contributed by atoms with van der Waals surface area (Å²) in [5.74, 6) is -1.84. The average Bonchev–Trinajstić information content (AvgIpc) is 2.40. The first kappa shape index (κ1) is 15.5. The second-order valence-corrected chi connectivity index (χ2v) is 5.56. The molecule has 1 aliphatic rings. The van der Waals surface area contributed by atoms with Crippen LogP contribution in [0.1, 0.15) is 19.4 Å². The van der Waals surface area contributed by atoms with Crippen molar-refractivity contribution in [1.29, 1.82) is 0 Å². The highest BCUT2D eigenvalue weighted by Gasteiger charge is 2.51. The zero-order chi connectivity index (χ0) is 15.6. The highest BCUT2D eigenvalue weighted by molar-refractivity contribution is 9.10. The first-order valence-corrected chi connectivity index (χ1v) is 7.25. The Labute approximate surface area is 130 Å². The van der Waals surface area contributed by atoms with E-state index in [1.165, 1.54) is 6.92 Å². The number of halogens is 1. The van der Waals surface area contributed by atoms with E-state index in [9.17, 15) is 14.4 Å². The molecule has 7 heteroatoms. The molecule has 2 rings (SSSR count). The first-order valence-electron chi connectivity index (χ1n) is 6.45. The van der Waals surface area contributed by atoms with Crippen molar-refractivity contribution in [3.63, 3.8) is 0 Å². The maximum absolute atomic E-state index is 12.4. The third kappa shape index (κ3) is 2.78. The Kier molecular flexibility index (Phi) is 4.32. The van der Waals surface area contributed by atoms with Crippen molar-refractivity contribution >= 4 is 39.4 Å². The SMILES string of the molecule is CCOC(=O)C1(NC(C)=O)Cc2c(Br)cccc2NC1=O. The summed E-state index contributed by atoms with van der Waals surface area (Å²) in [6.45, 7) is 3.02. The zero-order valence-corrected chi connectivity index (χ0v) is 13.2. The zero-order valence-electron chi connectivity index (χ0n) is 11.7. The van der Waals surface area contributed by atoms with Gasteiger partial charge in [0.25, 0.3) is 5.91 Å². The minimum absolute atomic E-state index is 0.0357. The van der Waals surface area contributed by atoms with Gasteiger partial charge in [-0.1, -0.05) is 22.0 Å². The Morgan fingerprint density at radius 1 is 1.48 bits per heavy atom. The Morgan fingerprint density at radius 3 is 2.81 bits per heavy atom. The van der Waals surface area contributed by atoms with Crippen LogP contribution in [-0.2, 0) is 25.5 Å². The highest BCUT2D eigenvalue weighted by atomic mass is 79.9.